The highest BCUT2D eigenvalue weighted by molar-refractivity contribution is 5.20. The van der Waals surface area contributed by atoms with Crippen molar-refractivity contribution in [3.63, 3.8) is 0 Å². The molecule has 0 saturated heterocycles. The molecule has 17 heavy (non-hydrogen) atoms. The summed E-state index contributed by atoms with van der Waals surface area (Å²) in [6.45, 7) is 4.50. The van der Waals surface area contributed by atoms with E-state index in [0.29, 0.717) is 11.8 Å². The molecule has 2 rings (SSSR count). The van der Waals surface area contributed by atoms with Crippen LogP contribution in [-0.2, 0) is 0 Å². The summed E-state index contributed by atoms with van der Waals surface area (Å²) in [5.41, 5.74) is 7.49. The lowest BCUT2D eigenvalue weighted by Gasteiger charge is -2.28. The number of hydrogen-bond donors (Lipinski definition) is 2. The normalized spacial score (nSPS) is 24.9. The molecule has 0 radical (unpaired) electrons. The summed E-state index contributed by atoms with van der Waals surface area (Å²) < 4.78 is 0. The van der Waals surface area contributed by atoms with Crippen LogP contribution < -0.4 is 11.3 Å². The number of nitrogens with one attached hydrogen (secondary N) is 1. The van der Waals surface area contributed by atoms with E-state index < -0.39 is 0 Å². The molecule has 1 fully saturated rings. The average molecular weight is 235 g/mol. The fourth-order valence-electron chi connectivity index (χ4n) is 2.74. The van der Waals surface area contributed by atoms with E-state index in [1.807, 2.05) is 13.8 Å². The Hall–Kier alpha value is -1.16. The number of rotatable bonds is 2. The minimum absolute atomic E-state index is 0.00782. The lowest BCUT2D eigenvalue weighted by Crippen LogP contribution is -2.24. The molecule has 0 atom stereocenters. The summed E-state index contributed by atoms with van der Waals surface area (Å²) in [6, 6.07) is 0. The predicted molar refractivity (Wildman–Crippen MR) is 68.1 cm³/mol. The van der Waals surface area contributed by atoms with Crippen molar-refractivity contribution in [1.29, 1.82) is 0 Å². The van der Waals surface area contributed by atoms with Crippen molar-refractivity contribution in [2.24, 2.45) is 11.7 Å². The molecule has 0 spiro atoms. The second kappa shape index (κ2) is 5.00. The number of H-pyrrole nitrogens is 1. The van der Waals surface area contributed by atoms with Gasteiger partial charge in [-0.05, 0) is 52.0 Å². The van der Waals surface area contributed by atoms with Gasteiger partial charge in [-0.15, -0.1) is 0 Å². The summed E-state index contributed by atoms with van der Waals surface area (Å²) in [4.78, 5) is 19.0. The third-order valence-corrected chi connectivity index (χ3v) is 3.87. The van der Waals surface area contributed by atoms with E-state index in [4.69, 9.17) is 5.73 Å². The molecule has 0 unspecified atom stereocenters. The Morgan fingerprint density at radius 2 is 1.94 bits per heavy atom. The number of aryl methyl sites for hydroxylation is 1. The molecule has 1 saturated carbocycles. The van der Waals surface area contributed by atoms with E-state index in [0.717, 1.165) is 49.3 Å². The number of nitrogens with two attached hydrogens (primary N) is 1. The molecule has 1 aromatic rings. The molecule has 1 aliphatic rings. The van der Waals surface area contributed by atoms with Crippen molar-refractivity contribution in [3.05, 3.63) is 27.4 Å². The maximum absolute atomic E-state index is 11.7. The summed E-state index contributed by atoms with van der Waals surface area (Å²) in [5, 5.41) is 0. The molecule has 0 amide bonds. The number of nitrogens with zero attached hydrogens (tertiary/aromatic N) is 1. The highest BCUT2D eigenvalue weighted by atomic mass is 16.1. The van der Waals surface area contributed by atoms with Gasteiger partial charge in [-0.25, -0.2) is 4.98 Å². The zero-order valence-electron chi connectivity index (χ0n) is 10.6. The predicted octanol–water partition coefficient (Wildman–Crippen LogP) is 1.62. The van der Waals surface area contributed by atoms with E-state index in [2.05, 4.69) is 9.97 Å². The number of aromatic amines is 1. The van der Waals surface area contributed by atoms with Crippen LogP contribution in [0.5, 0.6) is 0 Å². The van der Waals surface area contributed by atoms with Gasteiger partial charge in [0.05, 0.1) is 5.69 Å². The summed E-state index contributed by atoms with van der Waals surface area (Å²) in [5.74, 6) is 1.82. The van der Waals surface area contributed by atoms with Gasteiger partial charge >= 0.3 is 0 Å². The minimum atomic E-state index is 0.00782. The first-order valence-electron chi connectivity index (χ1n) is 6.39. The monoisotopic (exact) mass is 235 g/mol. The van der Waals surface area contributed by atoms with E-state index in [1.54, 1.807) is 0 Å². The van der Waals surface area contributed by atoms with Gasteiger partial charge in [0.2, 0.25) is 0 Å². The molecule has 4 nitrogen and oxygen atoms in total. The van der Waals surface area contributed by atoms with Gasteiger partial charge in [0.15, 0.2) is 0 Å². The Morgan fingerprint density at radius 3 is 2.53 bits per heavy atom. The zero-order valence-corrected chi connectivity index (χ0v) is 10.6. The maximum atomic E-state index is 11.7. The van der Waals surface area contributed by atoms with Crippen molar-refractivity contribution in [1.82, 2.24) is 9.97 Å². The van der Waals surface area contributed by atoms with Gasteiger partial charge in [0.1, 0.15) is 5.82 Å². The lowest BCUT2D eigenvalue weighted by molar-refractivity contribution is 0.328. The van der Waals surface area contributed by atoms with Gasteiger partial charge < -0.3 is 10.7 Å². The Kier molecular flexibility index (Phi) is 3.62. The van der Waals surface area contributed by atoms with Crippen molar-refractivity contribution in [3.8, 4) is 0 Å². The van der Waals surface area contributed by atoms with Crippen LogP contribution in [0, 0.1) is 19.8 Å². The SMILES string of the molecule is Cc1nc(C2CCC(CN)CC2)c(C)c(=O)[nH]1. The van der Waals surface area contributed by atoms with Gasteiger partial charge in [-0.3, -0.25) is 4.79 Å². The molecule has 0 aliphatic heterocycles. The second-order valence-electron chi connectivity index (χ2n) is 5.11. The Labute approximate surface area is 102 Å². The van der Waals surface area contributed by atoms with E-state index in [1.165, 1.54) is 0 Å². The van der Waals surface area contributed by atoms with Crippen molar-refractivity contribution >= 4 is 0 Å². The van der Waals surface area contributed by atoms with Crippen molar-refractivity contribution < 1.29 is 0 Å². The second-order valence-corrected chi connectivity index (χ2v) is 5.11. The molecule has 3 N–H and O–H groups in total. The Morgan fingerprint density at radius 1 is 1.29 bits per heavy atom. The molecule has 4 heteroatoms. The van der Waals surface area contributed by atoms with Crippen LogP contribution in [0.15, 0.2) is 4.79 Å². The smallest absolute Gasteiger partial charge is 0.254 e. The zero-order chi connectivity index (χ0) is 12.4. The van der Waals surface area contributed by atoms with Crippen LogP contribution in [0.3, 0.4) is 0 Å². The third-order valence-electron chi connectivity index (χ3n) is 3.87. The molecule has 0 bridgehead atoms. The molecular weight excluding hydrogens is 214 g/mol. The fraction of sp³-hybridized carbons (Fsp3) is 0.692. The van der Waals surface area contributed by atoms with E-state index in [-0.39, 0.29) is 5.56 Å². The largest absolute Gasteiger partial charge is 0.330 e. The molecule has 1 heterocycles. The molecule has 1 aromatic heterocycles. The van der Waals surface area contributed by atoms with Gasteiger partial charge in [-0.1, -0.05) is 0 Å². The maximum Gasteiger partial charge on any atom is 0.254 e. The van der Waals surface area contributed by atoms with Crippen LogP contribution in [0.4, 0.5) is 0 Å². The van der Waals surface area contributed by atoms with Crippen molar-refractivity contribution in [2.45, 2.75) is 45.4 Å². The highest BCUT2D eigenvalue weighted by Gasteiger charge is 2.24. The Bertz CT molecular complexity index is 444. The number of hydrogen-bond acceptors (Lipinski definition) is 3. The average Bonchev–Trinajstić information content (AvgIpc) is 2.34. The van der Waals surface area contributed by atoms with E-state index >= 15 is 0 Å². The Balaban J connectivity index is 2.21. The van der Waals surface area contributed by atoms with Crippen molar-refractivity contribution in [2.75, 3.05) is 6.54 Å². The van der Waals surface area contributed by atoms with Gasteiger partial charge in [0.25, 0.3) is 5.56 Å². The first-order valence-corrected chi connectivity index (χ1v) is 6.39. The molecule has 1 aliphatic carbocycles. The van der Waals surface area contributed by atoms with Crippen LogP contribution >= 0.6 is 0 Å². The molecule has 0 aromatic carbocycles. The standard InChI is InChI=1S/C13H21N3O/c1-8-12(15-9(2)16-13(8)17)11-5-3-10(7-14)4-6-11/h10-11H,3-7,14H2,1-2H3,(H,15,16,17). The van der Waals surface area contributed by atoms with Gasteiger partial charge in [0, 0.05) is 11.5 Å². The van der Waals surface area contributed by atoms with Crippen LogP contribution in [0.1, 0.15) is 48.7 Å². The summed E-state index contributed by atoms with van der Waals surface area (Å²) >= 11 is 0. The summed E-state index contributed by atoms with van der Waals surface area (Å²) in [6.07, 6.45) is 4.54. The first-order chi connectivity index (χ1) is 8.11. The lowest BCUT2D eigenvalue weighted by atomic mass is 9.79. The molecular formula is C13H21N3O. The number of aromatic nitrogens is 2. The summed E-state index contributed by atoms with van der Waals surface area (Å²) in [7, 11) is 0. The van der Waals surface area contributed by atoms with E-state index in [9.17, 15) is 4.79 Å². The van der Waals surface area contributed by atoms with Crippen LogP contribution in [0.2, 0.25) is 0 Å². The van der Waals surface area contributed by atoms with Gasteiger partial charge in [-0.2, -0.15) is 0 Å². The quantitative estimate of drug-likeness (QED) is 0.818. The molecule has 94 valence electrons. The minimum Gasteiger partial charge on any atom is -0.330 e. The fourth-order valence-corrected chi connectivity index (χ4v) is 2.74. The first kappa shape index (κ1) is 12.3. The topological polar surface area (TPSA) is 71.8 Å². The van der Waals surface area contributed by atoms with Crippen LogP contribution in [-0.4, -0.2) is 16.5 Å². The highest BCUT2D eigenvalue weighted by Crippen LogP contribution is 2.35. The third kappa shape index (κ3) is 2.57. The van der Waals surface area contributed by atoms with Crippen LogP contribution in [0.25, 0.3) is 0 Å².